The summed E-state index contributed by atoms with van der Waals surface area (Å²) in [7, 11) is 0. The number of halogens is 2. The van der Waals surface area contributed by atoms with Gasteiger partial charge in [0.1, 0.15) is 0 Å². The highest BCUT2D eigenvalue weighted by Crippen LogP contribution is 2.26. The van der Waals surface area contributed by atoms with Crippen LogP contribution >= 0.6 is 34.5 Å². The molecule has 1 saturated heterocycles. The van der Waals surface area contributed by atoms with Crippen LogP contribution in [0.15, 0.2) is 41.2 Å². The number of piperidine rings is 1. The van der Waals surface area contributed by atoms with Crippen molar-refractivity contribution in [3.63, 3.8) is 0 Å². The monoisotopic (exact) mass is 463 g/mol. The van der Waals surface area contributed by atoms with Crippen molar-refractivity contribution in [1.29, 1.82) is 0 Å². The number of rotatable bonds is 5. The van der Waals surface area contributed by atoms with Gasteiger partial charge in [-0.05, 0) is 68.8 Å². The summed E-state index contributed by atoms with van der Waals surface area (Å²) in [4.78, 5) is 27.1. The Balaban J connectivity index is 1.35. The molecule has 1 N–H and O–H groups in total. The van der Waals surface area contributed by atoms with Crippen molar-refractivity contribution in [2.45, 2.75) is 32.9 Å². The Morgan fingerprint density at radius 3 is 2.63 bits per heavy atom. The van der Waals surface area contributed by atoms with E-state index in [2.05, 4.69) is 10.2 Å². The number of aromatic nitrogens is 1. The lowest BCUT2D eigenvalue weighted by Gasteiger charge is -2.31. The number of carbonyl (C=O) groups excluding carboxylic acids is 1. The average molecular weight is 464 g/mol. The van der Waals surface area contributed by atoms with E-state index < -0.39 is 0 Å². The van der Waals surface area contributed by atoms with Gasteiger partial charge in [0, 0.05) is 34.7 Å². The Hall–Kier alpha value is -1.86. The van der Waals surface area contributed by atoms with Crippen LogP contribution in [0.5, 0.6) is 0 Å². The molecule has 0 bridgehead atoms. The van der Waals surface area contributed by atoms with Crippen molar-refractivity contribution in [3.8, 4) is 0 Å². The highest BCUT2D eigenvalue weighted by Gasteiger charge is 2.25. The van der Waals surface area contributed by atoms with E-state index in [9.17, 15) is 9.59 Å². The number of amides is 1. The maximum atomic E-state index is 12.8. The van der Waals surface area contributed by atoms with Gasteiger partial charge in [-0.1, -0.05) is 40.6 Å². The topological polar surface area (TPSA) is 54.3 Å². The number of hydrogen-bond donors (Lipinski definition) is 1. The van der Waals surface area contributed by atoms with Crippen LogP contribution in [0.2, 0.25) is 10.0 Å². The van der Waals surface area contributed by atoms with Crippen molar-refractivity contribution in [1.82, 2.24) is 9.47 Å². The van der Waals surface area contributed by atoms with E-state index in [-0.39, 0.29) is 16.7 Å². The largest absolute Gasteiger partial charge is 0.326 e. The number of fused-ring (bicyclic) bond motifs is 1. The summed E-state index contributed by atoms with van der Waals surface area (Å²) in [5.74, 6) is 0.0254. The van der Waals surface area contributed by atoms with Gasteiger partial charge >= 0.3 is 4.87 Å². The molecular weight excluding hydrogens is 441 g/mol. The molecule has 158 valence electrons. The van der Waals surface area contributed by atoms with Crippen LogP contribution in [0.1, 0.15) is 25.3 Å². The number of aryl methyl sites for hydroxylation is 1. The van der Waals surface area contributed by atoms with Crippen LogP contribution in [-0.4, -0.2) is 28.5 Å². The van der Waals surface area contributed by atoms with Crippen LogP contribution in [0.25, 0.3) is 10.2 Å². The molecule has 0 spiro atoms. The fraction of sp³-hybridized carbons (Fsp3) is 0.364. The first kappa shape index (κ1) is 21.4. The number of hydrogen-bond acceptors (Lipinski definition) is 4. The van der Waals surface area contributed by atoms with Gasteiger partial charge in [0.2, 0.25) is 5.91 Å². The van der Waals surface area contributed by atoms with Gasteiger partial charge in [0.25, 0.3) is 0 Å². The zero-order chi connectivity index (χ0) is 21.3. The number of nitrogens with zero attached hydrogens (tertiary/aromatic N) is 2. The Bertz CT molecular complexity index is 1130. The van der Waals surface area contributed by atoms with Crippen LogP contribution in [0, 0.1) is 5.92 Å². The molecule has 0 aliphatic carbocycles. The normalized spacial score (nSPS) is 15.6. The molecule has 1 aromatic heterocycles. The molecule has 8 heteroatoms. The first-order valence-corrected chi connectivity index (χ1v) is 11.6. The Kier molecular flexibility index (Phi) is 6.48. The molecule has 1 amide bonds. The summed E-state index contributed by atoms with van der Waals surface area (Å²) in [5.41, 5.74) is 2.71. The molecule has 1 aliphatic heterocycles. The summed E-state index contributed by atoms with van der Waals surface area (Å²) in [5, 5.41) is 4.35. The van der Waals surface area contributed by atoms with Gasteiger partial charge in [0.15, 0.2) is 0 Å². The van der Waals surface area contributed by atoms with Crippen LogP contribution in [0.3, 0.4) is 0 Å². The summed E-state index contributed by atoms with van der Waals surface area (Å²) in [6.07, 6.45) is 1.61. The van der Waals surface area contributed by atoms with Crippen molar-refractivity contribution < 1.29 is 4.79 Å². The molecule has 3 aromatic rings. The third kappa shape index (κ3) is 4.57. The highest BCUT2D eigenvalue weighted by molar-refractivity contribution is 7.16. The summed E-state index contributed by atoms with van der Waals surface area (Å²) >= 11 is 13.5. The molecular formula is C22H23Cl2N3O2S. The van der Waals surface area contributed by atoms with Crippen molar-refractivity contribution in [2.24, 2.45) is 5.92 Å². The molecule has 2 aromatic carbocycles. The minimum Gasteiger partial charge on any atom is -0.326 e. The van der Waals surface area contributed by atoms with Gasteiger partial charge in [-0.2, -0.15) is 0 Å². The summed E-state index contributed by atoms with van der Waals surface area (Å²) < 4.78 is 2.64. The molecule has 0 atom stereocenters. The first-order chi connectivity index (χ1) is 14.4. The SMILES string of the molecule is CCn1c(=O)sc2cc(NC(=O)C3CCN(Cc4ccc(Cl)cc4Cl)CC3)ccc21. The molecule has 4 rings (SSSR count). The molecule has 5 nitrogen and oxygen atoms in total. The number of benzene rings is 2. The molecule has 2 heterocycles. The predicted octanol–water partition coefficient (Wildman–Crippen LogP) is 5.24. The first-order valence-electron chi connectivity index (χ1n) is 10.0. The lowest BCUT2D eigenvalue weighted by atomic mass is 9.95. The lowest BCUT2D eigenvalue weighted by Crippen LogP contribution is -2.37. The maximum Gasteiger partial charge on any atom is 0.308 e. The van der Waals surface area contributed by atoms with E-state index in [1.54, 1.807) is 10.6 Å². The minimum atomic E-state index is -0.0170. The smallest absolute Gasteiger partial charge is 0.308 e. The zero-order valence-corrected chi connectivity index (χ0v) is 19.0. The van der Waals surface area contributed by atoms with Crippen molar-refractivity contribution >= 4 is 56.3 Å². The van der Waals surface area contributed by atoms with Crippen LogP contribution in [0.4, 0.5) is 5.69 Å². The lowest BCUT2D eigenvalue weighted by molar-refractivity contribution is -0.121. The summed E-state index contributed by atoms with van der Waals surface area (Å²) in [6, 6.07) is 11.2. The Morgan fingerprint density at radius 1 is 1.17 bits per heavy atom. The predicted molar refractivity (Wildman–Crippen MR) is 125 cm³/mol. The van der Waals surface area contributed by atoms with Crippen LogP contribution < -0.4 is 10.2 Å². The van der Waals surface area contributed by atoms with Crippen molar-refractivity contribution in [2.75, 3.05) is 18.4 Å². The van der Waals surface area contributed by atoms with Gasteiger partial charge in [-0.15, -0.1) is 0 Å². The van der Waals surface area contributed by atoms with E-state index in [1.807, 2.05) is 37.3 Å². The number of carbonyl (C=O) groups is 1. The Labute approximate surface area is 189 Å². The summed E-state index contributed by atoms with van der Waals surface area (Å²) in [6.45, 7) is 5.04. The minimum absolute atomic E-state index is 0.0170. The third-order valence-electron chi connectivity index (χ3n) is 5.62. The maximum absolute atomic E-state index is 12.8. The zero-order valence-electron chi connectivity index (χ0n) is 16.7. The quantitative estimate of drug-likeness (QED) is 0.562. The molecule has 1 aliphatic rings. The fourth-order valence-corrected chi connectivity index (χ4v) is 5.39. The van der Waals surface area contributed by atoms with Gasteiger partial charge in [0.05, 0.1) is 10.2 Å². The second-order valence-electron chi connectivity index (χ2n) is 7.57. The van der Waals surface area contributed by atoms with Gasteiger partial charge in [-0.25, -0.2) is 0 Å². The van der Waals surface area contributed by atoms with E-state index in [4.69, 9.17) is 23.2 Å². The highest BCUT2D eigenvalue weighted by atomic mass is 35.5. The fourth-order valence-electron chi connectivity index (χ4n) is 3.93. The molecule has 0 saturated carbocycles. The second kappa shape index (κ2) is 9.10. The van der Waals surface area contributed by atoms with Gasteiger partial charge < -0.3 is 5.32 Å². The number of thiazole rings is 1. The number of nitrogens with one attached hydrogen (secondary N) is 1. The average Bonchev–Trinajstić information content (AvgIpc) is 3.04. The molecule has 30 heavy (non-hydrogen) atoms. The van der Waals surface area contributed by atoms with E-state index >= 15 is 0 Å². The van der Waals surface area contributed by atoms with E-state index in [0.29, 0.717) is 16.6 Å². The Morgan fingerprint density at radius 2 is 1.93 bits per heavy atom. The third-order valence-corrected chi connectivity index (χ3v) is 7.15. The van der Waals surface area contributed by atoms with Gasteiger partial charge in [-0.3, -0.25) is 19.1 Å². The number of anilines is 1. The van der Waals surface area contributed by atoms with Crippen LogP contribution in [-0.2, 0) is 17.9 Å². The molecule has 1 fully saturated rings. The standard InChI is InChI=1S/C22H23Cl2N3O2S/c1-2-27-19-6-5-17(12-20(19)30-22(27)29)25-21(28)14-7-9-26(10-8-14)13-15-3-4-16(23)11-18(15)24/h3-6,11-12,14H,2,7-10,13H2,1H3,(H,25,28). The van der Waals surface area contributed by atoms with E-state index in [0.717, 1.165) is 53.9 Å². The number of likely N-dealkylation sites (tertiary alicyclic amines) is 1. The molecule has 0 radical (unpaired) electrons. The second-order valence-corrected chi connectivity index (χ2v) is 9.41. The van der Waals surface area contributed by atoms with E-state index in [1.165, 1.54) is 11.3 Å². The molecule has 0 unspecified atom stereocenters. The van der Waals surface area contributed by atoms with Crippen molar-refractivity contribution in [3.05, 3.63) is 61.7 Å².